The van der Waals surface area contributed by atoms with E-state index in [1.165, 1.54) is 24.5 Å². The quantitative estimate of drug-likeness (QED) is 0.641. The zero-order valence-corrected chi connectivity index (χ0v) is 20.2. The maximum atomic E-state index is 13.6. The van der Waals surface area contributed by atoms with Crippen molar-refractivity contribution in [3.63, 3.8) is 0 Å². The SMILES string of the molecule is CN(C)S(=O)(=O)c1ccc(N2CCCC2)c(C(=O)N2CCC(Cc3cccc(F)c3)CC2)c1. The van der Waals surface area contributed by atoms with E-state index in [1.807, 2.05) is 11.0 Å². The van der Waals surface area contributed by atoms with E-state index in [-0.39, 0.29) is 16.6 Å². The zero-order valence-electron chi connectivity index (χ0n) is 19.3. The number of carbonyl (C=O) groups excluding carboxylic acids is 1. The maximum absolute atomic E-state index is 13.6. The highest BCUT2D eigenvalue weighted by atomic mass is 32.2. The standard InChI is InChI=1S/C25H32FN3O3S/c1-27(2)33(31,32)22-8-9-24(28-12-3-4-13-28)23(18-22)25(30)29-14-10-19(11-15-29)16-20-6-5-7-21(26)17-20/h5-9,17-19H,3-4,10-16H2,1-2H3. The highest BCUT2D eigenvalue weighted by molar-refractivity contribution is 7.89. The monoisotopic (exact) mass is 473 g/mol. The first-order valence-electron chi connectivity index (χ1n) is 11.6. The molecule has 0 saturated carbocycles. The van der Waals surface area contributed by atoms with Crippen molar-refractivity contribution in [1.82, 2.24) is 9.21 Å². The Bertz CT molecular complexity index is 1110. The normalized spacial score (nSPS) is 17.7. The molecule has 6 nitrogen and oxygen atoms in total. The number of anilines is 1. The fourth-order valence-corrected chi connectivity index (χ4v) is 5.73. The number of amides is 1. The average Bonchev–Trinajstić information content (AvgIpc) is 3.33. The van der Waals surface area contributed by atoms with Gasteiger partial charge in [-0.2, -0.15) is 0 Å². The van der Waals surface area contributed by atoms with Crippen molar-refractivity contribution < 1.29 is 17.6 Å². The molecule has 178 valence electrons. The molecule has 4 rings (SSSR count). The molecule has 0 aliphatic carbocycles. The summed E-state index contributed by atoms with van der Waals surface area (Å²) in [7, 11) is -0.648. The van der Waals surface area contributed by atoms with Crippen LogP contribution in [0.25, 0.3) is 0 Å². The lowest BCUT2D eigenvalue weighted by Crippen LogP contribution is -2.39. The lowest BCUT2D eigenvalue weighted by atomic mass is 9.90. The minimum Gasteiger partial charge on any atom is -0.371 e. The third-order valence-corrected chi connectivity index (χ3v) is 8.55. The molecule has 0 spiro atoms. The lowest BCUT2D eigenvalue weighted by Gasteiger charge is -2.33. The number of likely N-dealkylation sites (tertiary alicyclic amines) is 1. The van der Waals surface area contributed by atoms with Crippen molar-refractivity contribution >= 4 is 21.6 Å². The maximum Gasteiger partial charge on any atom is 0.256 e. The summed E-state index contributed by atoms with van der Waals surface area (Å²) in [4.78, 5) is 17.7. The fourth-order valence-electron chi connectivity index (χ4n) is 4.80. The Morgan fingerprint density at radius 3 is 2.36 bits per heavy atom. The smallest absolute Gasteiger partial charge is 0.256 e. The van der Waals surface area contributed by atoms with Crippen molar-refractivity contribution in [3.8, 4) is 0 Å². The molecule has 2 aliphatic heterocycles. The van der Waals surface area contributed by atoms with Crippen molar-refractivity contribution in [1.29, 1.82) is 0 Å². The summed E-state index contributed by atoms with van der Waals surface area (Å²) < 4.78 is 40.1. The Hall–Kier alpha value is -2.45. The second-order valence-corrected chi connectivity index (χ2v) is 11.4. The number of hydrogen-bond donors (Lipinski definition) is 0. The number of piperidine rings is 1. The minimum atomic E-state index is -3.64. The summed E-state index contributed by atoms with van der Waals surface area (Å²) in [6.45, 7) is 2.97. The molecule has 2 heterocycles. The van der Waals surface area contributed by atoms with Crippen molar-refractivity contribution in [2.24, 2.45) is 5.92 Å². The van der Waals surface area contributed by atoms with Crippen LogP contribution in [0.15, 0.2) is 47.4 Å². The van der Waals surface area contributed by atoms with Crippen LogP contribution >= 0.6 is 0 Å². The van der Waals surface area contributed by atoms with E-state index in [4.69, 9.17) is 0 Å². The highest BCUT2D eigenvalue weighted by Crippen LogP contribution is 2.31. The Morgan fingerprint density at radius 1 is 1.03 bits per heavy atom. The molecular weight excluding hydrogens is 441 g/mol. The van der Waals surface area contributed by atoms with Crippen molar-refractivity contribution in [2.45, 2.75) is 37.0 Å². The van der Waals surface area contributed by atoms with Gasteiger partial charge in [0, 0.05) is 46.0 Å². The van der Waals surface area contributed by atoms with Gasteiger partial charge in [-0.3, -0.25) is 4.79 Å². The first-order chi connectivity index (χ1) is 15.8. The molecule has 0 N–H and O–H groups in total. The Kier molecular flexibility index (Phi) is 7.05. The predicted molar refractivity (Wildman–Crippen MR) is 127 cm³/mol. The molecule has 2 aromatic carbocycles. The van der Waals surface area contributed by atoms with Gasteiger partial charge < -0.3 is 9.80 Å². The van der Waals surface area contributed by atoms with E-state index >= 15 is 0 Å². The van der Waals surface area contributed by atoms with Crippen LogP contribution in [0.2, 0.25) is 0 Å². The summed E-state index contributed by atoms with van der Waals surface area (Å²) in [6, 6.07) is 11.6. The van der Waals surface area contributed by atoms with Crippen LogP contribution in [0, 0.1) is 11.7 Å². The highest BCUT2D eigenvalue weighted by Gasteiger charge is 2.29. The number of halogens is 1. The number of hydrogen-bond acceptors (Lipinski definition) is 4. The Morgan fingerprint density at radius 2 is 1.73 bits per heavy atom. The van der Waals surface area contributed by atoms with E-state index in [2.05, 4.69) is 4.90 Å². The number of benzene rings is 2. The molecule has 2 aliphatic rings. The van der Waals surface area contributed by atoms with Gasteiger partial charge in [0.1, 0.15) is 5.82 Å². The molecule has 8 heteroatoms. The summed E-state index contributed by atoms with van der Waals surface area (Å²) in [5.41, 5.74) is 2.26. The molecule has 0 radical (unpaired) electrons. The average molecular weight is 474 g/mol. The van der Waals surface area contributed by atoms with Gasteiger partial charge >= 0.3 is 0 Å². The number of nitrogens with zero attached hydrogens (tertiary/aromatic N) is 3. The van der Waals surface area contributed by atoms with Crippen molar-refractivity contribution in [3.05, 3.63) is 59.4 Å². The van der Waals surface area contributed by atoms with Gasteiger partial charge in [0.15, 0.2) is 0 Å². The second-order valence-electron chi connectivity index (χ2n) is 9.23. The molecular formula is C25H32FN3O3S. The van der Waals surface area contributed by atoms with Gasteiger partial charge in [-0.25, -0.2) is 17.1 Å². The number of carbonyl (C=O) groups is 1. The van der Waals surface area contributed by atoms with Crippen LogP contribution in [0.3, 0.4) is 0 Å². The predicted octanol–water partition coefficient (Wildman–Crippen LogP) is 3.77. The van der Waals surface area contributed by atoms with Crippen LogP contribution in [-0.2, 0) is 16.4 Å². The van der Waals surface area contributed by atoms with Crippen LogP contribution in [0.4, 0.5) is 10.1 Å². The van der Waals surface area contributed by atoms with Crippen LogP contribution in [-0.4, -0.2) is 63.8 Å². The fraction of sp³-hybridized carbons (Fsp3) is 0.480. The lowest BCUT2D eigenvalue weighted by molar-refractivity contribution is 0.0691. The molecule has 0 atom stereocenters. The van der Waals surface area contributed by atoms with Gasteiger partial charge in [0.05, 0.1) is 10.5 Å². The van der Waals surface area contributed by atoms with E-state index < -0.39 is 10.0 Å². The topological polar surface area (TPSA) is 60.9 Å². The molecule has 0 bridgehead atoms. The molecule has 2 fully saturated rings. The van der Waals surface area contributed by atoms with Gasteiger partial charge in [0.2, 0.25) is 10.0 Å². The van der Waals surface area contributed by atoms with E-state index in [1.54, 1.807) is 30.3 Å². The van der Waals surface area contributed by atoms with Gasteiger partial charge in [-0.15, -0.1) is 0 Å². The molecule has 0 aromatic heterocycles. The molecule has 2 aromatic rings. The van der Waals surface area contributed by atoms with Crippen molar-refractivity contribution in [2.75, 3.05) is 45.2 Å². The summed E-state index contributed by atoms with van der Waals surface area (Å²) >= 11 is 0. The molecule has 2 saturated heterocycles. The van der Waals surface area contributed by atoms with Gasteiger partial charge in [-0.05, 0) is 73.9 Å². The van der Waals surface area contributed by atoms with Gasteiger partial charge in [0.25, 0.3) is 5.91 Å². The summed E-state index contributed by atoms with van der Waals surface area (Å²) in [6.07, 6.45) is 4.62. The molecule has 1 amide bonds. The van der Waals surface area contributed by atoms with Gasteiger partial charge in [-0.1, -0.05) is 12.1 Å². The van der Waals surface area contributed by atoms with E-state index in [9.17, 15) is 17.6 Å². The molecule has 33 heavy (non-hydrogen) atoms. The van der Waals surface area contributed by atoms with Crippen LogP contribution in [0.5, 0.6) is 0 Å². The van der Waals surface area contributed by atoms with E-state index in [0.29, 0.717) is 24.6 Å². The zero-order chi connectivity index (χ0) is 23.6. The second kappa shape index (κ2) is 9.81. The first-order valence-corrected chi connectivity index (χ1v) is 13.0. The molecule has 0 unspecified atom stereocenters. The Balaban J connectivity index is 1.53. The first kappa shape index (κ1) is 23.7. The third-order valence-electron chi connectivity index (χ3n) is 6.74. The number of rotatable bonds is 6. The third kappa shape index (κ3) is 5.22. The van der Waals surface area contributed by atoms with Crippen LogP contribution < -0.4 is 4.90 Å². The summed E-state index contributed by atoms with van der Waals surface area (Å²) in [5.74, 6) is 0.0633. The Labute approximate surface area is 196 Å². The number of sulfonamides is 1. The minimum absolute atomic E-state index is 0.114. The van der Waals surface area contributed by atoms with E-state index in [0.717, 1.165) is 56.4 Å². The largest absolute Gasteiger partial charge is 0.371 e. The van der Waals surface area contributed by atoms with Crippen LogP contribution in [0.1, 0.15) is 41.6 Å². The summed E-state index contributed by atoms with van der Waals surface area (Å²) in [5, 5.41) is 0.